The molecule has 0 bridgehead atoms. The third-order valence-electron chi connectivity index (χ3n) is 14.4. The van der Waals surface area contributed by atoms with E-state index in [4.69, 9.17) is 18.9 Å². The fourth-order valence-electron chi connectivity index (χ4n) is 10.9. The fraction of sp³-hybridized carbons (Fsp3) is 0.418. The van der Waals surface area contributed by atoms with Crippen molar-refractivity contribution >= 4 is 71.5 Å². The van der Waals surface area contributed by atoms with Gasteiger partial charge in [0.2, 0.25) is 0 Å². The van der Waals surface area contributed by atoms with E-state index >= 15 is 0 Å². The third kappa shape index (κ3) is 14.2. The Labute approximate surface area is 436 Å². The Balaban J connectivity index is 0.000000188. The van der Waals surface area contributed by atoms with E-state index in [0.29, 0.717) is 34.8 Å². The first-order valence-electron chi connectivity index (χ1n) is 23.5. The summed E-state index contributed by atoms with van der Waals surface area (Å²) in [6.45, 7) is 7.71. The Hall–Kier alpha value is -2.67. The number of halogens is 3. The molecule has 2 heterocycles. The summed E-state index contributed by atoms with van der Waals surface area (Å²) in [5.41, 5.74) is 8.05. The molecule has 4 aliphatic rings. The zero-order chi connectivity index (χ0) is 47.3. The van der Waals surface area contributed by atoms with Gasteiger partial charge in [-0.25, -0.2) is 0 Å². The molecular weight excluding hydrogens is 1220 g/mol. The van der Waals surface area contributed by atoms with E-state index in [1.807, 2.05) is 24.3 Å². The first-order chi connectivity index (χ1) is 32.5. The summed E-state index contributed by atoms with van der Waals surface area (Å²) in [4.78, 5) is 28.4. The van der Waals surface area contributed by atoms with Crippen molar-refractivity contribution in [1.29, 1.82) is 0 Å². The van der Waals surface area contributed by atoms with E-state index in [0.717, 1.165) is 98.2 Å². The number of ether oxygens (including phenoxy) is 4. The van der Waals surface area contributed by atoms with Crippen LogP contribution in [0.25, 0.3) is 0 Å². The summed E-state index contributed by atoms with van der Waals surface area (Å²) < 4.78 is 22.8. The molecule has 0 saturated carbocycles. The number of Topliss-reactive ketones (excluding diaryl/α,β-unsaturated/α-hetero) is 2. The van der Waals surface area contributed by atoms with Gasteiger partial charge in [0.15, 0.2) is 34.6 Å². The number of carbonyl (C=O) groups is 2. The maximum atomic E-state index is 13.2. The van der Waals surface area contributed by atoms with Crippen LogP contribution in [0.2, 0.25) is 0 Å². The second-order valence-electron chi connectivity index (χ2n) is 18.6. The van der Waals surface area contributed by atoms with E-state index < -0.39 is 0 Å². The summed E-state index contributed by atoms with van der Waals surface area (Å²) in [7, 11) is 6.53. The van der Waals surface area contributed by atoms with E-state index in [-0.39, 0.29) is 28.3 Å². The van der Waals surface area contributed by atoms with Crippen molar-refractivity contribution in [2.45, 2.75) is 71.0 Å². The van der Waals surface area contributed by atoms with Gasteiger partial charge in [-0.1, -0.05) is 91.0 Å². The van der Waals surface area contributed by atoms with Gasteiger partial charge in [0.1, 0.15) is 13.1 Å². The molecule has 356 valence electrons. The molecule has 5 aromatic carbocycles. The van der Waals surface area contributed by atoms with Gasteiger partial charge in [-0.05, 0) is 117 Å². The number of fused-ring (bicyclic) bond motifs is 2. The molecule has 2 aliphatic carbocycles. The summed E-state index contributed by atoms with van der Waals surface area (Å²) >= 11 is 7.39. The minimum absolute atomic E-state index is 0.0788. The molecule has 2 atom stereocenters. The van der Waals surface area contributed by atoms with Gasteiger partial charge < -0.3 is 23.4 Å². The van der Waals surface area contributed by atoms with Gasteiger partial charge in [-0.3, -0.25) is 14.5 Å². The number of methoxy groups -OCH3 is 4. The first kappa shape index (κ1) is 52.2. The Morgan fingerprint density at radius 1 is 0.537 bits per heavy atom. The van der Waals surface area contributed by atoms with E-state index in [1.165, 1.54) is 42.4 Å². The summed E-state index contributed by atoms with van der Waals surface area (Å²) in [5, 5.41) is 0. The molecule has 5 aromatic rings. The van der Waals surface area contributed by atoms with Crippen molar-refractivity contribution in [2.75, 3.05) is 54.6 Å². The van der Waals surface area contributed by atoms with Crippen molar-refractivity contribution in [2.24, 2.45) is 23.7 Å². The van der Waals surface area contributed by atoms with Crippen LogP contribution in [0, 0.1) is 23.7 Å². The summed E-state index contributed by atoms with van der Waals surface area (Å²) in [5.74, 6) is 4.69. The number of piperidine rings is 2. The van der Waals surface area contributed by atoms with Crippen LogP contribution < -0.4 is 18.9 Å². The molecule has 2 saturated heterocycles. The molecule has 2 unspecified atom stereocenters. The van der Waals surface area contributed by atoms with Crippen LogP contribution in [0.1, 0.15) is 87.1 Å². The molecular formula is C55H65I3N2O6V+. The topological polar surface area (TPSA) is 74.3 Å². The molecule has 0 amide bonds. The van der Waals surface area contributed by atoms with Crippen molar-refractivity contribution in [3.05, 3.63) is 154 Å². The SMILES string of the molecule is COc1cc2c(cc1OC)C(=O)C(CC1CCN(Cc3ccccc3)CC1)C2.COc1cc2c(cc1OC)C(=O)C(CC1CC[N+](Cc3ccccc3)(Cc3ccccc3)CC1)C2.[I][V]([I])[I]. The minimum atomic E-state index is -0.278. The van der Waals surface area contributed by atoms with Gasteiger partial charge >= 0.3 is 64.9 Å². The van der Waals surface area contributed by atoms with Gasteiger partial charge in [0.25, 0.3) is 0 Å². The number of ketones is 2. The third-order valence-corrected chi connectivity index (χ3v) is 14.4. The number of hydrogen-bond acceptors (Lipinski definition) is 7. The van der Waals surface area contributed by atoms with Crippen LogP contribution in [-0.4, -0.2) is 75.6 Å². The van der Waals surface area contributed by atoms with Crippen LogP contribution >= 0.6 is 59.9 Å². The number of benzene rings is 5. The van der Waals surface area contributed by atoms with E-state index in [1.54, 1.807) is 28.4 Å². The quantitative estimate of drug-likeness (QED) is 0.0810. The number of carbonyl (C=O) groups excluding carboxylic acids is 2. The second-order valence-corrected chi connectivity index (χ2v) is 54.0. The Morgan fingerprint density at radius 2 is 0.896 bits per heavy atom. The van der Waals surface area contributed by atoms with Crippen LogP contribution in [0.4, 0.5) is 0 Å². The van der Waals surface area contributed by atoms with Crippen LogP contribution in [-0.2, 0) is 37.4 Å². The molecule has 8 nitrogen and oxygen atoms in total. The van der Waals surface area contributed by atoms with Crippen LogP contribution in [0.15, 0.2) is 115 Å². The average Bonchev–Trinajstić information content (AvgIpc) is 3.82. The van der Waals surface area contributed by atoms with Gasteiger partial charge in [0, 0.05) is 40.6 Å². The zero-order valence-electron chi connectivity index (χ0n) is 39.3. The average molecular weight is 1280 g/mol. The van der Waals surface area contributed by atoms with Crippen LogP contribution in [0.5, 0.6) is 23.0 Å². The molecule has 2 fully saturated rings. The van der Waals surface area contributed by atoms with Crippen LogP contribution in [0.3, 0.4) is 0 Å². The number of rotatable bonds is 14. The molecule has 0 aromatic heterocycles. The number of hydrogen-bond donors (Lipinski definition) is 0. The first-order valence-corrected chi connectivity index (χ1v) is 37.1. The Morgan fingerprint density at radius 3 is 1.28 bits per heavy atom. The van der Waals surface area contributed by atoms with Gasteiger partial charge in [-0.2, -0.15) is 0 Å². The van der Waals surface area contributed by atoms with Gasteiger partial charge in [-0.15, -0.1) is 0 Å². The Bertz CT molecular complexity index is 2330. The van der Waals surface area contributed by atoms with Gasteiger partial charge in [0.05, 0.1) is 41.5 Å². The van der Waals surface area contributed by atoms with Crippen molar-refractivity contribution < 1.29 is 37.9 Å². The standard InChI is InChI=1S/C31H36NO3.C24H29NO3.3HI.V/c1-34-29-19-26-18-27(31(33)28(26)20-30(29)35-2)17-23-13-15-32(16-14-23,21-24-9-5-3-6-10-24)22-25-11-7-4-8-12-25;1-27-22-14-19-13-20(24(26)21(19)15-23(22)28-2)12-17-8-10-25(11-9-17)16-18-6-4-3-5-7-18;;;;/h3-12,19-20,23,27H,13-18,21-22H2,1-2H3;3-7,14-15,17,20H,8-13,16H2,1-2H3;3*1H;/q+1;;;;;+3/p-3. The van der Waals surface area contributed by atoms with Crippen molar-refractivity contribution in [1.82, 2.24) is 4.90 Å². The molecule has 12 heteroatoms. The predicted octanol–water partition coefficient (Wildman–Crippen LogP) is 13.1. The Kier molecular flexibility index (Phi) is 19.8. The molecule has 0 radical (unpaired) electrons. The number of nitrogens with zero attached hydrogens (tertiary/aromatic N) is 2. The van der Waals surface area contributed by atoms with Crippen molar-refractivity contribution in [3.63, 3.8) is 0 Å². The molecule has 67 heavy (non-hydrogen) atoms. The number of likely N-dealkylation sites (tertiary alicyclic amines) is 2. The molecule has 9 rings (SSSR count). The molecule has 2 aliphatic heterocycles. The summed E-state index contributed by atoms with van der Waals surface area (Å²) in [6, 6.07) is 40.2. The summed E-state index contributed by atoms with van der Waals surface area (Å²) in [6.07, 6.45) is 8.34. The fourth-order valence-corrected chi connectivity index (χ4v) is 10.9. The molecule has 0 N–H and O–H groups in total. The maximum absolute atomic E-state index is 13.2. The van der Waals surface area contributed by atoms with Crippen molar-refractivity contribution in [3.8, 4) is 23.0 Å². The normalized spacial score (nSPS) is 19.1. The monoisotopic (exact) mass is 1280 g/mol. The predicted molar refractivity (Wildman–Crippen MR) is 291 cm³/mol. The van der Waals surface area contributed by atoms with E-state index in [2.05, 4.69) is 156 Å². The molecule has 0 spiro atoms. The van der Waals surface area contributed by atoms with E-state index in [9.17, 15) is 9.59 Å². The zero-order valence-corrected chi connectivity index (χ0v) is 47.2. The number of quaternary nitrogens is 1. The second kappa shape index (κ2) is 25.4.